The number of amides is 1. The Hall–Kier alpha value is -1.30. The van der Waals surface area contributed by atoms with E-state index in [1.165, 1.54) is 6.92 Å². The van der Waals surface area contributed by atoms with Gasteiger partial charge < -0.3 is 14.8 Å². The quantitative estimate of drug-likeness (QED) is 0.287. The fourth-order valence-corrected chi connectivity index (χ4v) is 2.46. The van der Waals surface area contributed by atoms with Crippen LogP contribution in [0.15, 0.2) is 12.2 Å². The highest BCUT2D eigenvalue weighted by atomic mass is 32.2. The molecule has 0 radical (unpaired) electrons. The summed E-state index contributed by atoms with van der Waals surface area (Å²) >= 11 is 1.55. The van der Waals surface area contributed by atoms with Gasteiger partial charge in [-0.1, -0.05) is 6.58 Å². The van der Waals surface area contributed by atoms with Crippen LogP contribution in [0, 0.1) is 5.92 Å². The summed E-state index contributed by atoms with van der Waals surface area (Å²) in [7, 11) is 0. The molecule has 20 heavy (non-hydrogen) atoms. The molecule has 0 aliphatic rings. The largest absolute Gasteiger partial charge is 0.461 e. The molecule has 0 aliphatic heterocycles. The first kappa shape index (κ1) is 18.7. The number of carbonyl (C=O) groups is 3. The molecule has 0 aromatic rings. The van der Waals surface area contributed by atoms with Crippen molar-refractivity contribution in [3.8, 4) is 0 Å². The van der Waals surface area contributed by atoms with E-state index in [2.05, 4.69) is 11.9 Å². The average Bonchev–Trinajstić information content (AvgIpc) is 2.35. The van der Waals surface area contributed by atoms with E-state index in [9.17, 15) is 14.4 Å². The summed E-state index contributed by atoms with van der Waals surface area (Å²) in [4.78, 5) is 33.0. The molecule has 1 amide bonds. The molecule has 0 heterocycles. The zero-order valence-electron chi connectivity index (χ0n) is 12.3. The smallest absolute Gasteiger partial charge is 0.333 e. The molecule has 114 valence electrons. The Morgan fingerprint density at radius 3 is 2.55 bits per heavy atom. The van der Waals surface area contributed by atoms with Crippen molar-refractivity contribution in [2.45, 2.75) is 33.2 Å². The van der Waals surface area contributed by atoms with Gasteiger partial charge in [0.1, 0.15) is 12.9 Å². The second kappa shape index (κ2) is 10.5. The lowest BCUT2D eigenvalue weighted by Gasteiger charge is -2.16. The first-order valence-corrected chi connectivity index (χ1v) is 7.65. The fraction of sp³-hybridized carbons (Fsp3) is 0.643. The van der Waals surface area contributed by atoms with Crippen LogP contribution in [0.2, 0.25) is 0 Å². The molecular formula is C14H23NO4S. The van der Waals surface area contributed by atoms with Crippen LogP contribution in [0.25, 0.3) is 0 Å². The first-order valence-electron chi connectivity index (χ1n) is 6.49. The van der Waals surface area contributed by atoms with Gasteiger partial charge in [0.15, 0.2) is 0 Å². The molecule has 0 aromatic heterocycles. The number of aldehydes is 1. The summed E-state index contributed by atoms with van der Waals surface area (Å²) in [5, 5.41) is 2.75. The standard InChI is InChI=1S/C14H23NO4S/c1-10(2)14(18)19-5-6-20-9-13(8-16)7-11(3)15-12(4)17/h8,11,13H,1,5-7,9H2,2-4H3,(H,15,17). The monoisotopic (exact) mass is 301 g/mol. The van der Waals surface area contributed by atoms with Gasteiger partial charge >= 0.3 is 5.97 Å². The van der Waals surface area contributed by atoms with Crippen molar-refractivity contribution in [3.05, 3.63) is 12.2 Å². The summed E-state index contributed by atoms with van der Waals surface area (Å²) in [6.45, 7) is 8.72. The predicted molar refractivity (Wildman–Crippen MR) is 80.5 cm³/mol. The number of thioether (sulfide) groups is 1. The third-order valence-electron chi connectivity index (χ3n) is 2.44. The third kappa shape index (κ3) is 9.61. The van der Waals surface area contributed by atoms with Crippen molar-refractivity contribution < 1.29 is 19.1 Å². The number of hydrogen-bond acceptors (Lipinski definition) is 5. The number of ether oxygens (including phenoxy) is 1. The highest BCUT2D eigenvalue weighted by Gasteiger charge is 2.13. The van der Waals surface area contributed by atoms with Crippen molar-refractivity contribution >= 4 is 29.9 Å². The van der Waals surface area contributed by atoms with Crippen LogP contribution in [0.1, 0.15) is 27.2 Å². The van der Waals surface area contributed by atoms with Gasteiger partial charge in [0, 0.05) is 36.0 Å². The number of rotatable bonds is 10. The number of esters is 1. The molecule has 6 heteroatoms. The fourth-order valence-electron chi connectivity index (χ4n) is 1.57. The summed E-state index contributed by atoms with van der Waals surface area (Å²) < 4.78 is 4.95. The zero-order chi connectivity index (χ0) is 15.5. The lowest BCUT2D eigenvalue weighted by molar-refractivity contribution is -0.138. The van der Waals surface area contributed by atoms with Gasteiger partial charge in [-0.3, -0.25) is 4.79 Å². The van der Waals surface area contributed by atoms with Gasteiger partial charge in [-0.15, -0.1) is 0 Å². The molecule has 0 spiro atoms. The van der Waals surface area contributed by atoms with E-state index >= 15 is 0 Å². The van der Waals surface area contributed by atoms with E-state index in [0.29, 0.717) is 30.1 Å². The first-order chi connectivity index (χ1) is 9.36. The van der Waals surface area contributed by atoms with E-state index in [0.717, 1.165) is 6.29 Å². The van der Waals surface area contributed by atoms with E-state index in [4.69, 9.17) is 4.74 Å². The molecule has 2 unspecified atom stereocenters. The van der Waals surface area contributed by atoms with Crippen LogP contribution in [-0.4, -0.2) is 42.3 Å². The molecule has 0 bridgehead atoms. The molecule has 0 aromatic carbocycles. The topological polar surface area (TPSA) is 72.5 Å². The van der Waals surface area contributed by atoms with Crippen molar-refractivity contribution in [3.63, 3.8) is 0 Å². The van der Waals surface area contributed by atoms with Crippen LogP contribution in [0.4, 0.5) is 0 Å². The Labute approximate surface area is 124 Å². The number of hydrogen-bond donors (Lipinski definition) is 1. The van der Waals surface area contributed by atoms with Crippen LogP contribution < -0.4 is 5.32 Å². The minimum absolute atomic E-state index is 0.0236. The molecular weight excluding hydrogens is 278 g/mol. The maximum Gasteiger partial charge on any atom is 0.333 e. The second-order valence-electron chi connectivity index (χ2n) is 4.72. The Morgan fingerprint density at radius 2 is 2.05 bits per heavy atom. The molecule has 0 saturated carbocycles. The third-order valence-corrected chi connectivity index (χ3v) is 3.56. The van der Waals surface area contributed by atoms with Gasteiger partial charge in [-0.2, -0.15) is 11.8 Å². The minimum Gasteiger partial charge on any atom is -0.461 e. The highest BCUT2D eigenvalue weighted by Crippen LogP contribution is 2.12. The van der Waals surface area contributed by atoms with Crippen LogP contribution in [-0.2, 0) is 19.1 Å². The van der Waals surface area contributed by atoms with Gasteiger partial charge in [-0.05, 0) is 20.3 Å². The predicted octanol–water partition coefficient (Wildman–Crippen LogP) is 1.57. The van der Waals surface area contributed by atoms with Gasteiger partial charge in [0.05, 0.1) is 0 Å². The van der Waals surface area contributed by atoms with Crippen molar-refractivity contribution in [1.29, 1.82) is 0 Å². The van der Waals surface area contributed by atoms with Gasteiger partial charge in [-0.25, -0.2) is 4.79 Å². The molecule has 1 N–H and O–H groups in total. The second-order valence-corrected chi connectivity index (χ2v) is 5.87. The van der Waals surface area contributed by atoms with E-state index < -0.39 is 5.97 Å². The minimum atomic E-state index is -0.392. The maximum atomic E-state index is 11.1. The van der Waals surface area contributed by atoms with E-state index in [-0.39, 0.29) is 17.9 Å². The Kier molecular flexibility index (Phi) is 9.80. The zero-order valence-corrected chi connectivity index (χ0v) is 13.1. The van der Waals surface area contributed by atoms with Crippen molar-refractivity contribution in [1.82, 2.24) is 5.32 Å². The molecule has 0 aliphatic carbocycles. The normalized spacial score (nSPS) is 13.2. The van der Waals surface area contributed by atoms with Crippen molar-refractivity contribution in [2.24, 2.45) is 5.92 Å². The Bertz CT molecular complexity index is 357. The summed E-state index contributed by atoms with van der Waals surface area (Å²) in [6.07, 6.45) is 1.52. The Morgan fingerprint density at radius 1 is 1.40 bits per heavy atom. The number of carbonyl (C=O) groups excluding carboxylic acids is 3. The van der Waals surface area contributed by atoms with Crippen LogP contribution in [0.5, 0.6) is 0 Å². The molecule has 0 saturated heterocycles. The molecule has 0 fully saturated rings. The number of nitrogens with one attached hydrogen (secondary N) is 1. The SMILES string of the molecule is C=C(C)C(=O)OCCSCC(C=O)CC(C)NC(C)=O. The van der Waals surface area contributed by atoms with Crippen LogP contribution >= 0.6 is 11.8 Å². The Balaban J connectivity index is 3.80. The average molecular weight is 301 g/mol. The maximum absolute atomic E-state index is 11.1. The van der Waals surface area contributed by atoms with E-state index in [1.54, 1.807) is 18.7 Å². The van der Waals surface area contributed by atoms with E-state index in [1.807, 2.05) is 6.92 Å². The van der Waals surface area contributed by atoms with Gasteiger partial charge in [0.2, 0.25) is 5.91 Å². The highest BCUT2D eigenvalue weighted by molar-refractivity contribution is 7.99. The van der Waals surface area contributed by atoms with Crippen LogP contribution in [0.3, 0.4) is 0 Å². The van der Waals surface area contributed by atoms with Gasteiger partial charge in [0.25, 0.3) is 0 Å². The summed E-state index contributed by atoms with van der Waals surface area (Å²) in [5.41, 5.74) is 0.380. The lowest BCUT2D eigenvalue weighted by atomic mass is 10.0. The molecule has 0 rings (SSSR count). The molecule has 2 atom stereocenters. The summed E-state index contributed by atoms with van der Waals surface area (Å²) in [5.74, 6) is 0.688. The van der Waals surface area contributed by atoms with Crippen molar-refractivity contribution in [2.75, 3.05) is 18.1 Å². The lowest BCUT2D eigenvalue weighted by Crippen LogP contribution is -2.32. The summed E-state index contributed by atoms with van der Waals surface area (Å²) in [6, 6.07) is -0.0236. The molecule has 5 nitrogen and oxygen atoms in total.